The number of carbonyl (C=O) groups excluding carboxylic acids is 3. The minimum atomic E-state index is -0.527. The Morgan fingerprint density at radius 1 is 0.885 bits per heavy atom. The number of hydrogen-bond acceptors (Lipinski definition) is 3. The van der Waals surface area contributed by atoms with E-state index in [0.717, 1.165) is 0 Å². The van der Waals surface area contributed by atoms with Crippen LogP contribution in [0.2, 0.25) is 10.0 Å². The van der Waals surface area contributed by atoms with E-state index in [-0.39, 0.29) is 23.4 Å². The molecule has 0 saturated carbocycles. The lowest BCUT2D eigenvalue weighted by atomic mass is 10.1. The van der Waals surface area contributed by atoms with Gasteiger partial charge in [0.1, 0.15) is 0 Å². The molecule has 2 aromatic rings. The molecule has 0 aliphatic carbocycles. The van der Waals surface area contributed by atoms with E-state index in [0.29, 0.717) is 27.0 Å². The maximum atomic E-state index is 12.4. The van der Waals surface area contributed by atoms with Gasteiger partial charge >= 0.3 is 6.03 Å². The Labute approximate surface area is 160 Å². The monoisotopic (exact) mass is 391 g/mol. The van der Waals surface area contributed by atoms with Gasteiger partial charge in [0.05, 0.1) is 11.1 Å². The van der Waals surface area contributed by atoms with Crippen LogP contribution in [-0.4, -0.2) is 28.8 Å². The van der Waals surface area contributed by atoms with Gasteiger partial charge < -0.3 is 10.6 Å². The molecule has 0 saturated heterocycles. The number of imide groups is 1. The second kappa shape index (κ2) is 6.97. The summed E-state index contributed by atoms with van der Waals surface area (Å²) in [6.45, 7) is 3.54. The first-order valence-electron chi connectivity index (χ1n) is 7.82. The van der Waals surface area contributed by atoms with E-state index < -0.39 is 6.03 Å². The maximum Gasteiger partial charge on any atom is 0.323 e. The molecule has 8 heteroatoms. The van der Waals surface area contributed by atoms with Gasteiger partial charge in [-0.3, -0.25) is 14.5 Å². The van der Waals surface area contributed by atoms with E-state index in [9.17, 15) is 14.4 Å². The van der Waals surface area contributed by atoms with Crippen molar-refractivity contribution in [3.05, 3.63) is 57.6 Å². The van der Waals surface area contributed by atoms with Crippen LogP contribution in [0.5, 0.6) is 0 Å². The zero-order valence-corrected chi connectivity index (χ0v) is 15.5. The predicted molar refractivity (Wildman–Crippen MR) is 101 cm³/mol. The minimum absolute atomic E-state index is 0.241. The second-order valence-corrected chi connectivity index (χ2v) is 6.94. The van der Waals surface area contributed by atoms with Crippen LogP contribution >= 0.6 is 23.2 Å². The standard InChI is InChI=1S/C18H15Cl2N3O3/c1-9(2)23-16(24)14-4-3-12(8-15(14)17(23)25)21-18(26)22-13-6-10(19)5-11(20)7-13/h3-9H,1-2H3,(H2,21,22,26). The molecular weight excluding hydrogens is 377 g/mol. The number of hydrogen-bond donors (Lipinski definition) is 2. The molecule has 0 bridgehead atoms. The van der Waals surface area contributed by atoms with Gasteiger partial charge in [-0.05, 0) is 50.2 Å². The number of rotatable bonds is 3. The summed E-state index contributed by atoms with van der Waals surface area (Å²) < 4.78 is 0. The van der Waals surface area contributed by atoms with Crippen molar-refractivity contribution in [3.8, 4) is 0 Å². The Morgan fingerprint density at radius 3 is 2.08 bits per heavy atom. The van der Waals surface area contributed by atoms with Crippen LogP contribution in [0.3, 0.4) is 0 Å². The van der Waals surface area contributed by atoms with Crippen LogP contribution < -0.4 is 10.6 Å². The highest BCUT2D eigenvalue weighted by Crippen LogP contribution is 2.27. The summed E-state index contributed by atoms with van der Waals surface area (Å²) in [5, 5.41) is 6.01. The fourth-order valence-electron chi connectivity index (χ4n) is 2.73. The van der Waals surface area contributed by atoms with E-state index in [4.69, 9.17) is 23.2 Å². The topological polar surface area (TPSA) is 78.5 Å². The summed E-state index contributed by atoms with van der Waals surface area (Å²) in [6.07, 6.45) is 0. The average Bonchev–Trinajstić information content (AvgIpc) is 2.77. The van der Waals surface area contributed by atoms with Crippen LogP contribution in [-0.2, 0) is 0 Å². The van der Waals surface area contributed by atoms with Crippen LogP contribution in [0.15, 0.2) is 36.4 Å². The smallest absolute Gasteiger partial charge is 0.308 e. The Bertz CT molecular complexity index is 908. The van der Waals surface area contributed by atoms with Crippen molar-refractivity contribution in [2.24, 2.45) is 0 Å². The lowest BCUT2D eigenvalue weighted by Crippen LogP contribution is -2.35. The molecule has 2 N–H and O–H groups in total. The molecule has 4 amide bonds. The predicted octanol–water partition coefficient (Wildman–Crippen LogP) is 4.64. The van der Waals surface area contributed by atoms with Gasteiger partial charge in [-0.15, -0.1) is 0 Å². The fraction of sp³-hybridized carbons (Fsp3) is 0.167. The van der Waals surface area contributed by atoms with Gasteiger partial charge in [-0.1, -0.05) is 23.2 Å². The first-order valence-corrected chi connectivity index (χ1v) is 8.58. The molecule has 0 spiro atoms. The first-order chi connectivity index (χ1) is 12.3. The minimum Gasteiger partial charge on any atom is -0.308 e. The first kappa shape index (κ1) is 18.2. The second-order valence-electron chi connectivity index (χ2n) is 6.07. The molecule has 0 aromatic heterocycles. The molecule has 0 radical (unpaired) electrons. The van der Waals surface area contributed by atoms with Crippen molar-refractivity contribution in [1.82, 2.24) is 4.90 Å². The number of anilines is 2. The molecule has 1 aliphatic heterocycles. The Balaban J connectivity index is 1.77. The number of urea groups is 1. The summed E-state index contributed by atoms with van der Waals surface area (Å²) in [7, 11) is 0. The molecule has 6 nitrogen and oxygen atoms in total. The van der Waals surface area contributed by atoms with Crippen molar-refractivity contribution in [2.75, 3.05) is 10.6 Å². The summed E-state index contributed by atoms with van der Waals surface area (Å²) in [4.78, 5) is 38.0. The zero-order chi connectivity index (χ0) is 19.0. The molecule has 0 unspecified atom stereocenters. The average molecular weight is 392 g/mol. The number of nitrogens with zero attached hydrogens (tertiary/aromatic N) is 1. The van der Waals surface area contributed by atoms with E-state index in [1.807, 2.05) is 0 Å². The van der Waals surface area contributed by atoms with Gasteiger partial charge in [0.2, 0.25) is 0 Å². The highest BCUT2D eigenvalue weighted by molar-refractivity contribution is 6.35. The van der Waals surface area contributed by atoms with Gasteiger partial charge in [0, 0.05) is 27.5 Å². The van der Waals surface area contributed by atoms with E-state index in [1.165, 1.54) is 17.0 Å². The molecule has 0 fully saturated rings. The summed E-state index contributed by atoms with van der Waals surface area (Å²) >= 11 is 11.8. The van der Waals surface area contributed by atoms with Crippen LogP contribution in [0.1, 0.15) is 34.6 Å². The Hall–Kier alpha value is -2.57. The fourth-order valence-corrected chi connectivity index (χ4v) is 3.25. The molecule has 3 rings (SSSR count). The quantitative estimate of drug-likeness (QED) is 0.747. The highest BCUT2D eigenvalue weighted by Gasteiger charge is 2.37. The molecular formula is C18H15Cl2N3O3. The highest BCUT2D eigenvalue weighted by atomic mass is 35.5. The number of halogens is 2. The van der Waals surface area contributed by atoms with E-state index in [1.54, 1.807) is 38.1 Å². The van der Waals surface area contributed by atoms with Gasteiger partial charge in [-0.25, -0.2) is 4.79 Å². The van der Waals surface area contributed by atoms with Gasteiger partial charge in [0.25, 0.3) is 11.8 Å². The van der Waals surface area contributed by atoms with Crippen molar-refractivity contribution < 1.29 is 14.4 Å². The largest absolute Gasteiger partial charge is 0.323 e. The summed E-state index contributed by atoms with van der Waals surface area (Å²) in [5.41, 5.74) is 1.42. The van der Waals surface area contributed by atoms with Crippen molar-refractivity contribution in [3.63, 3.8) is 0 Å². The number of nitrogens with one attached hydrogen (secondary N) is 2. The molecule has 1 aliphatic rings. The van der Waals surface area contributed by atoms with Crippen molar-refractivity contribution in [1.29, 1.82) is 0 Å². The number of amides is 4. The third kappa shape index (κ3) is 3.52. The molecule has 1 heterocycles. The molecule has 0 atom stereocenters. The summed E-state index contributed by atoms with van der Waals surface area (Å²) in [6, 6.07) is 8.48. The Morgan fingerprint density at radius 2 is 1.46 bits per heavy atom. The van der Waals surface area contributed by atoms with Crippen LogP contribution in [0.4, 0.5) is 16.2 Å². The van der Waals surface area contributed by atoms with Crippen molar-refractivity contribution >= 4 is 52.4 Å². The number of benzene rings is 2. The SMILES string of the molecule is CC(C)N1C(=O)c2ccc(NC(=O)Nc3cc(Cl)cc(Cl)c3)cc2C1=O. The third-order valence-electron chi connectivity index (χ3n) is 3.81. The maximum absolute atomic E-state index is 12.4. The van der Waals surface area contributed by atoms with Crippen molar-refractivity contribution in [2.45, 2.75) is 19.9 Å². The number of fused-ring (bicyclic) bond motifs is 1. The Kier molecular flexibility index (Phi) is 4.89. The normalized spacial score (nSPS) is 13.2. The van der Waals surface area contributed by atoms with Crippen LogP contribution in [0, 0.1) is 0 Å². The lowest BCUT2D eigenvalue weighted by molar-refractivity contribution is 0.0609. The van der Waals surface area contributed by atoms with E-state index >= 15 is 0 Å². The van der Waals surface area contributed by atoms with Crippen LogP contribution in [0.25, 0.3) is 0 Å². The summed E-state index contributed by atoms with van der Waals surface area (Å²) in [5.74, 6) is -0.699. The molecule has 134 valence electrons. The molecule has 2 aromatic carbocycles. The zero-order valence-electron chi connectivity index (χ0n) is 14.0. The van der Waals surface area contributed by atoms with Gasteiger partial charge in [0.15, 0.2) is 0 Å². The molecule has 26 heavy (non-hydrogen) atoms. The van der Waals surface area contributed by atoms with E-state index in [2.05, 4.69) is 10.6 Å². The van der Waals surface area contributed by atoms with Gasteiger partial charge in [-0.2, -0.15) is 0 Å². The third-order valence-corrected chi connectivity index (χ3v) is 4.25. The number of carbonyl (C=O) groups is 3. The lowest BCUT2D eigenvalue weighted by Gasteiger charge is -2.17.